The Bertz CT molecular complexity index is 1760. The Morgan fingerprint density at radius 2 is 1.41 bits per heavy atom. The molecule has 4 atom stereocenters. The third-order valence-corrected chi connectivity index (χ3v) is 16.2. The average Bonchev–Trinajstić information content (AvgIpc) is 3.48. The predicted octanol–water partition coefficient (Wildman–Crippen LogP) is 8.74. The largest absolute Gasteiger partial charge is 0.493 e. The molecule has 1 saturated heterocycles. The van der Waals surface area contributed by atoms with Crippen LogP contribution in [0.1, 0.15) is 165 Å². The van der Waals surface area contributed by atoms with E-state index in [1.165, 1.54) is 83.7 Å². The molecular formula is C45H72N2O10Si. The number of aliphatic hydroxyl groups is 1. The van der Waals surface area contributed by atoms with Crippen LogP contribution in [0, 0.1) is 13.8 Å². The molecule has 13 heteroatoms. The van der Waals surface area contributed by atoms with E-state index in [4.69, 9.17) is 18.6 Å². The van der Waals surface area contributed by atoms with Crippen LogP contribution in [0.25, 0.3) is 0 Å². The highest BCUT2D eigenvalue weighted by atomic mass is 28.4. The highest BCUT2D eigenvalue weighted by molar-refractivity contribution is 6.74. The lowest BCUT2D eigenvalue weighted by molar-refractivity contribution is -0.156. The maximum atomic E-state index is 14.2. The van der Waals surface area contributed by atoms with E-state index in [-0.39, 0.29) is 29.2 Å². The molecule has 2 heterocycles. The number of aromatic nitrogens is 2. The SMILES string of the molecule is CCCCCCCCCCCCCCCCOc1cc(C(=O)n2c(=O)ccn([C@@H]3O[C@H](CO)[C@H](OC(=O)CCC(C)=O)C3O[Si](C)(C)C(C)(C)C)c2=O)cc(C)c1C. The zero-order valence-electron chi connectivity index (χ0n) is 36.9. The Morgan fingerprint density at radius 1 is 0.845 bits per heavy atom. The molecule has 0 spiro atoms. The highest BCUT2D eigenvalue weighted by Crippen LogP contribution is 2.42. The van der Waals surface area contributed by atoms with Crippen molar-refractivity contribution in [2.75, 3.05) is 13.2 Å². The van der Waals surface area contributed by atoms with Gasteiger partial charge in [0.05, 0.1) is 19.6 Å². The summed E-state index contributed by atoms with van der Waals surface area (Å²) >= 11 is 0. The summed E-state index contributed by atoms with van der Waals surface area (Å²) in [5.74, 6) is -1.18. The Morgan fingerprint density at radius 3 is 1.95 bits per heavy atom. The maximum absolute atomic E-state index is 14.2. The predicted molar refractivity (Wildman–Crippen MR) is 229 cm³/mol. The van der Waals surface area contributed by atoms with Crippen molar-refractivity contribution in [3.63, 3.8) is 0 Å². The highest BCUT2D eigenvalue weighted by Gasteiger charge is 2.53. The fraction of sp³-hybridized carbons (Fsp3) is 0.711. The van der Waals surface area contributed by atoms with Crippen molar-refractivity contribution in [1.29, 1.82) is 0 Å². The number of nitrogens with zero attached hydrogens (tertiary/aromatic N) is 2. The number of ether oxygens (including phenoxy) is 3. The zero-order valence-corrected chi connectivity index (χ0v) is 37.9. The molecule has 3 rings (SSSR count). The van der Waals surface area contributed by atoms with E-state index >= 15 is 0 Å². The van der Waals surface area contributed by atoms with Crippen molar-refractivity contribution in [3.05, 3.63) is 61.9 Å². The molecule has 0 saturated carbocycles. The quantitative estimate of drug-likeness (QED) is 0.0584. The van der Waals surface area contributed by atoms with E-state index in [2.05, 4.69) is 6.92 Å². The molecule has 1 aliphatic rings. The van der Waals surface area contributed by atoms with E-state index < -0.39 is 62.6 Å². The molecule has 1 unspecified atom stereocenters. The number of esters is 1. The van der Waals surface area contributed by atoms with Crippen LogP contribution in [0.5, 0.6) is 5.75 Å². The topological polar surface area (TPSA) is 152 Å². The lowest BCUT2D eigenvalue weighted by Gasteiger charge is -2.40. The summed E-state index contributed by atoms with van der Waals surface area (Å²) < 4.78 is 26.5. The number of carbonyl (C=O) groups is 3. The fourth-order valence-electron chi connectivity index (χ4n) is 6.93. The van der Waals surface area contributed by atoms with Gasteiger partial charge in [-0.2, -0.15) is 4.57 Å². The van der Waals surface area contributed by atoms with E-state index in [1.54, 1.807) is 12.1 Å². The van der Waals surface area contributed by atoms with Crippen molar-refractivity contribution in [2.24, 2.45) is 0 Å². The van der Waals surface area contributed by atoms with Crippen LogP contribution >= 0.6 is 0 Å². The van der Waals surface area contributed by atoms with Crippen LogP contribution in [0.3, 0.4) is 0 Å². The molecule has 0 amide bonds. The number of hydrogen-bond acceptors (Lipinski definition) is 10. The monoisotopic (exact) mass is 828 g/mol. The van der Waals surface area contributed by atoms with Gasteiger partial charge in [-0.3, -0.25) is 19.0 Å². The third kappa shape index (κ3) is 14.1. The molecule has 12 nitrogen and oxygen atoms in total. The van der Waals surface area contributed by atoms with Gasteiger partial charge >= 0.3 is 11.7 Å². The first kappa shape index (κ1) is 49.0. The first-order valence-corrected chi connectivity index (χ1v) is 24.6. The molecule has 0 aliphatic carbocycles. The molecule has 1 aromatic heterocycles. The number of aryl methyl sites for hydroxylation is 1. The third-order valence-electron chi connectivity index (χ3n) is 11.8. The molecule has 0 bridgehead atoms. The Balaban J connectivity index is 1.75. The number of carbonyl (C=O) groups excluding carboxylic acids is 3. The van der Waals surface area contributed by atoms with Crippen LogP contribution in [0.15, 0.2) is 34.0 Å². The van der Waals surface area contributed by atoms with E-state index in [1.807, 2.05) is 47.7 Å². The van der Waals surface area contributed by atoms with Gasteiger partial charge in [0.15, 0.2) is 20.6 Å². The van der Waals surface area contributed by atoms with Crippen molar-refractivity contribution >= 4 is 26.0 Å². The molecule has 2 aromatic rings. The van der Waals surface area contributed by atoms with Gasteiger partial charge in [0, 0.05) is 24.2 Å². The summed E-state index contributed by atoms with van der Waals surface area (Å²) in [6.45, 7) is 17.3. The minimum Gasteiger partial charge on any atom is -0.493 e. The lowest BCUT2D eigenvalue weighted by Crippen LogP contribution is -2.51. The number of aliphatic hydroxyl groups excluding tert-OH is 1. The Hall–Kier alpha value is -3.39. The lowest BCUT2D eigenvalue weighted by atomic mass is 10.0. The van der Waals surface area contributed by atoms with Gasteiger partial charge < -0.3 is 28.5 Å². The van der Waals surface area contributed by atoms with E-state index in [0.717, 1.165) is 41.0 Å². The summed E-state index contributed by atoms with van der Waals surface area (Å²) in [5.41, 5.74) is -0.0605. The second-order valence-electron chi connectivity index (χ2n) is 17.6. The summed E-state index contributed by atoms with van der Waals surface area (Å²) in [6, 6.07) is 4.31. The second kappa shape index (κ2) is 23.4. The minimum atomic E-state index is -2.66. The normalized spacial score (nSPS) is 18.4. The van der Waals surface area contributed by atoms with E-state index in [0.29, 0.717) is 16.9 Å². The molecular weight excluding hydrogens is 757 g/mol. The number of hydrogen-bond donors (Lipinski definition) is 1. The molecule has 326 valence electrons. The molecule has 58 heavy (non-hydrogen) atoms. The van der Waals surface area contributed by atoms with Gasteiger partial charge in [0.2, 0.25) is 0 Å². The average molecular weight is 829 g/mol. The second-order valence-corrected chi connectivity index (χ2v) is 22.3. The van der Waals surface area contributed by atoms with E-state index in [9.17, 15) is 29.1 Å². The number of benzene rings is 1. The smallest absolute Gasteiger partial charge is 0.340 e. The van der Waals surface area contributed by atoms with Crippen molar-refractivity contribution in [1.82, 2.24) is 9.13 Å². The number of rotatable bonds is 25. The van der Waals surface area contributed by atoms with Crippen LogP contribution in [0.4, 0.5) is 0 Å². The first-order valence-electron chi connectivity index (χ1n) is 21.7. The van der Waals surface area contributed by atoms with Gasteiger partial charge in [0.25, 0.3) is 11.5 Å². The maximum Gasteiger partial charge on any atom is 0.340 e. The Labute approximate surface area is 347 Å². The molecule has 1 aromatic carbocycles. The van der Waals surface area contributed by atoms with Gasteiger partial charge in [-0.25, -0.2) is 4.79 Å². The van der Waals surface area contributed by atoms with Crippen LogP contribution in [-0.4, -0.2) is 71.7 Å². The van der Waals surface area contributed by atoms with Gasteiger partial charge in [-0.1, -0.05) is 111 Å². The van der Waals surface area contributed by atoms with Crippen molar-refractivity contribution in [2.45, 2.75) is 194 Å². The molecule has 1 N–H and O–H groups in total. The summed E-state index contributed by atoms with van der Waals surface area (Å²) in [6.07, 6.45) is 14.0. The van der Waals surface area contributed by atoms with Crippen LogP contribution in [-0.2, 0) is 23.5 Å². The summed E-state index contributed by atoms with van der Waals surface area (Å²) in [7, 11) is -2.66. The molecule has 1 fully saturated rings. The minimum absolute atomic E-state index is 0.0232. The summed E-state index contributed by atoms with van der Waals surface area (Å²) in [4.78, 5) is 66.0. The van der Waals surface area contributed by atoms with Gasteiger partial charge in [-0.05, 0) is 68.6 Å². The van der Waals surface area contributed by atoms with Crippen LogP contribution < -0.4 is 16.0 Å². The number of ketones is 1. The first-order chi connectivity index (χ1) is 27.4. The van der Waals surface area contributed by atoms with Crippen molar-refractivity contribution < 1.29 is 38.1 Å². The number of Topliss-reactive ketones (excluding diaryl/α,β-unsaturated/α-hetero) is 1. The van der Waals surface area contributed by atoms with Crippen molar-refractivity contribution in [3.8, 4) is 5.75 Å². The molecule has 1 aliphatic heterocycles. The summed E-state index contributed by atoms with van der Waals surface area (Å²) in [5, 5.41) is 10.0. The molecule has 0 radical (unpaired) electrons. The van der Waals surface area contributed by atoms with Gasteiger partial charge in [0.1, 0.15) is 23.7 Å². The van der Waals surface area contributed by atoms with Gasteiger partial charge in [-0.15, -0.1) is 0 Å². The van der Waals surface area contributed by atoms with Crippen LogP contribution in [0.2, 0.25) is 18.1 Å². The zero-order chi connectivity index (χ0) is 43.0. The fourth-order valence-corrected chi connectivity index (χ4v) is 8.22. The Kier molecular flexibility index (Phi) is 19.8. The standard InChI is InChI=1S/C45H72N2O10Si/c1-10-11-12-13-14-15-16-17-18-19-20-21-22-23-28-54-36-30-35(29-32(2)34(36)4)42(52)47-38(50)26-27-46(44(47)53)43-41(57-58(8,9)45(5,6)7)40(37(31-48)55-43)56-39(51)25-24-33(3)49/h26-27,29-30,37,40-41,43,48H,10-25,28,31H2,1-9H3/t37-,40+,41?,43-/m1/s1. The number of unbranched alkanes of at least 4 members (excludes halogenated alkanes) is 13.